The molecule has 0 bridgehead atoms. The zero-order valence-corrected chi connectivity index (χ0v) is 14.1. The molecule has 0 saturated carbocycles. The number of carbonyl (C=O) groups excluding carboxylic acids is 1. The van der Waals surface area contributed by atoms with E-state index in [9.17, 15) is 18.0 Å². The highest BCUT2D eigenvalue weighted by Gasteiger charge is 2.43. The van der Waals surface area contributed by atoms with Gasteiger partial charge in [-0.15, -0.1) is 0 Å². The van der Waals surface area contributed by atoms with Gasteiger partial charge in [-0.05, 0) is 17.7 Å². The molecule has 4 nitrogen and oxygen atoms in total. The van der Waals surface area contributed by atoms with Crippen molar-refractivity contribution in [2.24, 2.45) is 0 Å². The van der Waals surface area contributed by atoms with E-state index in [1.165, 1.54) is 4.90 Å². The minimum absolute atomic E-state index is 0.0611. The molecular weight excluding hydrogens is 375 g/mol. The quantitative estimate of drug-likeness (QED) is 0.803. The van der Waals surface area contributed by atoms with Crippen LogP contribution in [0.4, 0.5) is 13.2 Å². The molecule has 0 aliphatic carbocycles. The number of benzene rings is 1. The third-order valence-electron chi connectivity index (χ3n) is 3.72. The van der Waals surface area contributed by atoms with Gasteiger partial charge in [0.2, 0.25) is 5.91 Å². The highest BCUT2D eigenvalue weighted by Crippen LogP contribution is 2.24. The van der Waals surface area contributed by atoms with Crippen molar-refractivity contribution in [1.82, 2.24) is 15.5 Å². The van der Waals surface area contributed by atoms with E-state index in [-0.39, 0.29) is 6.42 Å². The number of alkyl halides is 3. The minimum Gasteiger partial charge on any atom is -0.354 e. The lowest BCUT2D eigenvalue weighted by atomic mass is 10.1. The third-order valence-corrected chi connectivity index (χ3v) is 4.21. The molecule has 1 saturated heterocycles. The van der Waals surface area contributed by atoms with Crippen LogP contribution in [0.3, 0.4) is 0 Å². The van der Waals surface area contributed by atoms with Crippen LogP contribution >= 0.6 is 15.9 Å². The maximum absolute atomic E-state index is 13.2. The molecule has 1 aliphatic heterocycles. The lowest BCUT2D eigenvalue weighted by molar-refractivity contribution is -0.184. The van der Waals surface area contributed by atoms with Gasteiger partial charge in [-0.25, -0.2) is 0 Å². The fourth-order valence-corrected chi connectivity index (χ4v) is 3.00. The largest absolute Gasteiger partial charge is 0.405 e. The van der Waals surface area contributed by atoms with Crippen LogP contribution < -0.4 is 10.6 Å². The van der Waals surface area contributed by atoms with E-state index < -0.39 is 24.7 Å². The summed E-state index contributed by atoms with van der Waals surface area (Å²) < 4.78 is 40.5. The van der Waals surface area contributed by atoms with Gasteiger partial charge in [-0.1, -0.05) is 28.1 Å². The smallest absolute Gasteiger partial charge is 0.354 e. The Morgan fingerprint density at radius 3 is 2.65 bits per heavy atom. The second-order valence-corrected chi connectivity index (χ2v) is 6.37. The van der Waals surface area contributed by atoms with Crippen molar-refractivity contribution in [1.29, 1.82) is 0 Å². The van der Waals surface area contributed by atoms with Gasteiger partial charge in [0.05, 0.1) is 6.42 Å². The van der Waals surface area contributed by atoms with Crippen LogP contribution in [0, 0.1) is 0 Å². The number of hydrogen-bond donors (Lipinski definition) is 2. The molecule has 1 unspecified atom stereocenters. The number of piperazine rings is 1. The third kappa shape index (κ3) is 5.78. The van der Waals surface area contributed by atoms with E-state index in [4.69, 9.17) is 0 Å². The molecule has 1 aliphatic rings. The molecule has 128 valence electrons. The molecular formula is C15H19BrF3N3O. The fraction of sp³-hybridized carbons (Fsp3) is 0.533. The van der Waals surface area contributed by atoms with E-state index in [1.54, 1.807) is 18.2 Å². The summed E-state index contributed by atoms with van der Waals surface area (Å²) in [6.07, 6.45) is -4.30. The molecule has 23 heavy (non-hydrogen) atoms. The lowest BCUT2D eigenvalue weighted by Gasteiger charge is -2.35. The van der Waals surface area contributed by atoms with Crippen LogP contribution in [-0.2, 0) is 11.2 Å². The molecule has 0 radical (unpaired) electrons. The summed E-state index contributed by atoms with van der Waals surface area (Å²) >= 11 is 3.30. The maximum Gasteiger partial charge on any atom is 0.405 e. The van der Waals surface area contributed by atoms with E-state index in [1.807, 2.05) is 6.07 Å². The predicted molar refractivity (Wildman–Crippen MR) is 85.1 cm³/mol. The molecule has 0 aromatic heterocycles. The van der Waals surface area contributed by atoms with E-state index >= 15 is 0 Å². The van der Waals surface area contributed by atoms with E-state index in [0.717, 1.165) is 10.0 Å². The van der Waals surface area contributed by atoms with Gasteiger partial charge in [0.25, 0.3) is 0 Å². The van der Waals surface area contributed by atoms with Gasteiger partial charge >= 0.3 is 6.18 Å². The molecule has 2 N–H and O–H groups in total. The van der Waals surface area contributed by atoms with Crippen LogP contribution in [0.2, 0.25) is 0 Å². The van der Waals surface area contributed by atoms with Gasteiger partial charge in [-0.3, -0.25) is 9.69 Å². The summed E-state index contributed by atoms with van der Waals surface area (Å²) in [6, 6.07) is 5.51. The first-order chi connectivity index (χ1) is 10.9. The van der Waals surface area contributed by atoms with Crippen molar-refractivity contribution in [3.05, 3.63) is 34.3 Å². The second kappa shape index (κ2) is 8.12. The first-order valence-electron chi connectivity index (χ1n) is 7.39. The maximum atomic E-state index is 13.2. The van der Waals surface area contributed by atoms with Gasteiger partial charge in [0.15, 0.2) is 0 Å². The molecule has 1 amide bonds. The molecule has 1 atom stereocenters. The zero-order chi connectivity index (χ0) is 16.9. The van der Waals surface area contributed by atoms with Crippen molar-refractivity contribution in [3.8, 4) is 0 Å². The van der Waals surface area contributed by atoms with Gasteiger partial charge < -0.3 is 10.6 Å². The van der Waals surface area contributed by atoms with Crippen LogP contribution in [0.25, 0.3) is 0 Å². The Labute approximate surface area is 141 Å². The average molecular weight is 394 g/mol. The van der Waals surface area contributed by atoms with Crippen molar-refractivity contribution in [2.75, 3.05) is 32.7 Å². The van der Waals surface area contributed by atoms with Gasteiger partial charge in [-0.2, -0.15) is 13.2 Å². The van der Waals surface area contributed by atoms with Crippen LogP contribution in [0.5, 0.6) is 0 Å². The van der Waals surface area contributed by atoms with E-state index in [0.29, 0.717) is 26.2 Å². The van der Waals surface area contributed by atoms with Crippen molar-refractivity contribution < 1.29 is 18.0 Å². The lowest BCUT2D eigenvalue weighted by Crippen LogP contribution is -2.57. The Balaban J connectivity index is 1.91. The SMILES string of the molecule is O=C(Cc1cccc(Br)c1)NCC(N1CCNCC1)C(F)(F)F. The summed E-state index contributed by atoms with van der Waals surface area (Å²) in [5, 5.41) is 5.44. The second-order valence-electron chi connectivity index (χ2n) is 5.45. The zero-order valence-electron chi connectivity index (χ0n) is 12.5. The molecule has 8 heteroatoms. The fourth-order valence-electron chi connectivity index (χ4n) is 2.55. The summed E-state index contributed by atoms with van der Waals surface area (Å²) in [7, 11) is 0. The van der Waals surface area contributed by atoms with Crippen molar-refractivity contribution >= 4 is 21.8 Å². The number of amides is 1. The van der Waals surface area contributed by atoms with E-state index in [2.05, 4.69) is 26.6 Å². The molecule has 1 aromatic carbocycles. The number of halogens is 4. The van der Waals surface area contributed by atoms with Gasteiger partial charge in [0.1, 0.15) is 6.04 Å². The first-order valence-corrected chi connectivity index (χ1v) is 8.18. The summed E-state index contributed by atoms with van der Waals surface area (Å²) in [5.41, 5.74) is 0.752. The Hall–Kier alpha value is -1.12. The van der Waals surface area contributed by atoms with Crippen molar-refractivity contribution in [3.63, 3.8) is 0 Å². The normalized spacial score (nSPS) is 17.7. The number of rotatable bonds is 5. The number of nitrogens with one attached hydrogen (secondary N) is 2. The Bertz CT molecular complexity index is 533. The van der Waals surface area contributed by atoms with Gasteiger partial charge in [0, 0.05) is 37.2 Å². The Kier molecular flexibility index (Phi) is 6.43. The summed E-state index contributed by atoms with van der Waals surface area (Å²) in [6.45, 7) is 1.28. The van der Waals surface area contributed by atoms with Crippen molar-refractivity contribution in [2.45, 2.75) is 18.6 Å². The summed E-state index contributed by atoms with van der Waals surface area (Å²) in [5.74, 6) is -0.410. The van der Waals surface area contributed by atoms with Crippen LogP contribution in [0.1, 0.15) is 5.56 Å². The number of carbonyl (C=O) groups is 1. The van der Waals surface area contributed by atoms with Crippen LogP contribution in [-0.4, -0.2) is 55.7 Å². The molecule has 2 rings (SSSR count). The number of nitrogens with zero attached hydrogens (tertiary/aromatic N) is 1. The molecule has 1 heterocycles. The average Bonchev–Trinajstić information content (AvgIpc) is 2.47. The Morgan fingerprint density at radius 2 is 2.04 bits per heavy atom. The summed E-state index contributed by atoms with van der Waals surface area (Å²) in [4.78, 5) is 13.3. The van der Waals surface area contributed by atoms with Crippen LogP contribution in [0.15, 0.2) is 28.7 Å². The number of hydrogen-bond acceptors (Lipinski definition) is 3. The standard InChI is InChI=1S/C15H19BrF3N3O/c16-12-3-1-2-11(8-12)9-14(23)21-10-13(15(17,18)19)22-6-4-20-5-7-22/h1-3,8,13,20H,4-7,9-10H2,(H,21,23). The molecule has 1 aromatic rings. The minimum atomic E-state index is -4.36. The highest BCUT2D eigenvalue weighted by atomic mass is 79.9. The Morgan fingerprint density at radius 1 is 1.35 bits per heavy atom. The molecule has 0 spiro atoms. The molecule has 1 fully saturated rings. The topological polar surface area (TPSA) is 44.4 Å². The highest BCUT2D eigenvalue weighted by molar-refractivity contribution is 9.10. The predicted octanol–water partition coefficient (Wildman–Crippen LogP) is 1.94. The first kappa shape index (κ1) is 18.2. The monoisotopic (exact) mass is 393 g/mol.